The SMILES string of the molecule is CN1CC2C3CC4(CC5=CCC3C4C5)C2C1=O. The predicted molar refractivity (Wildman–Crippen MR) is 64.1 cm³/mol. The number of fused-ring (bicyclic) bond motifs is 5. The van der Waals surface area contributed by atoms with Gasteiger partial charge in [0.15, 0.2) is 0 Å². The second-order valence-corrected chi connectivity index (χ2v) is 7.21. The zero-order chi connectivity index (χ0) is 11.4. The molecule has 4 fully saturated rings. The largest absolute Gasteiger partial charge is 0.345 e. The Labute approximate surface area is 102 Å². The van der Waals surface area contributed by atoms with Crippen LogP contribution in [0.5, 0.6) is 0 Å². The van der Waals surface area contributed by atoms with Crippen LogP contribution in [0.15, 0.2) is 11.6 Å². The molecule has 1 heterocycles. The maximum Gasteiger partial charge on any atom is 0.226 e. The molecule has 4 aliphatic carbocycles. The fraction of sp³-hybridized carbons (Fsp3) is 0.800. The van der Waals surface area contributed by atoms with Gasteiger partial charge in [0, 0.05) is 19.5 Å². The average Bonchev–Trinajstić information content (AvgIpc) is 2.93. The van der Waals surface area contributed by atoms with Gasteiger partial charge in [-0.05, 0) is 54.8 Å². The minimum Gasteiger partial charge on any atom is -0.345 e. The van der Waals surface area contributed by atoms with Crippen LogP contribution in [-0.4, -0.2) is 24.4 Å². The van der Waals surface area contributed by atoms with Gasteiger partial charge in [0.25, 0.3) is 0 Å². The van der Waals surface area contributed by atoms with Crippen molar-refractivity contribution in [1.29, 1.82) is 0 Å². The van der Waals surface area contributed by atoms with E-state index in [-0.39, 0.29) is 0 Å². The van der Waals surface area contributed by atoms with Crippen molar-refractivity contribution in [3.8, 4) is 0 Å². The molecule has 6 atom stereocenters. The van der Waals surface area contributed by atoms with Gasteiger partial charge in [0.05, 0.1) is 0 Å². The molecule has 0 aromatic rings. The Morgan fingerprint density at radius 3 is 3.12 bits per heavy atom. The van der Waals surface area contributed by atoms with Crippen LogP contribution >= 0.6 is 0 Å². The topological polar surface area (TPSA) is 20.3 Å². The van der Waals surface area contributed by atoms with Gasteiger partial charge in [0.1, 0.15) is 0 Å². The molecule has 0 aromatic carbocycles. The van der Waals surface area contributed by atoms with E-state index >= 15 is 0 Å². The van der Waals surface area contributed by atoms with Crippen molar-refractivity contribution < 1.29 is 4.79 Å². The third kappa shape index (κ3) is 0.783. The summed E-state index contributed by atoms with van der Waals surface area (Å²) in [6, 6.07) is 0. The van der Waals surface area contributed by atoms with Crippen molar-refractivity contribution in [2.24, 2.45) is 35.0 Å². The fourth-order valence-corrected chi connectivity index (χ4v) is 6.52. The quantitative estimate of drug-likeness (QED) is 0.582. The van der Waals surface area contributed by atoms with E-state index < -0.39 is 0 Å². The predicted octanol–water partition coefficient (Wildman–Crippen LogP) is 2.07. The summed E-state index contributed by atoms with van der Waals surface area (Å²) < 4.78 is 0. The summed E-state index contributed by atoms with van der Waals surface area (Å²) in [6.07, 6.45) is 7.83. The standard InChI is InChI=1S/C15H19NO/c1-16-7-11-10-6-15(13(11)14(16)17)5-8-2-3-9(10)12(15)4-8/h2,9-13H,3-7H2,1H3. The Balaban J connectivity index is 1.70. The molecular weight excluding hydrogens is 210 g/mol. The van der Waals surface area contributed by atoms with E-state index in [1.165, 1.54) is 25.7 Å². The molecule has 2 heteroatoms. The van der Waals surface area contributed by atoms with Gasteiger partial charge in [-0.1, -0.05) is 11.6 Å². The highest BCUT2D eigenvalue weighted by Crippen LogP contribution is 2.75. The third-order valence-corrected chi connectivity index (χ3v) is 6.86. The van der Waals surface area contributed by atoms with Gasteiger partial charge in [-0.2, -0.15) is 0 Å². The van der Waals surface area contributed by atoms with Crippen molar-refractivity contribution in [1.82, 2.24) is 4.90 Å². The fourth-order valence-electron chi connectivity index (χ4n) is 6.52. The molecule has 0 radical (unpaired) electrons. The number of carbonyl (C=O) groups is 1. The molecule has 1 aliphatic heterocycles. The summed E-state index contributed by atoms with van der Waals surface area (Å²) in [7, 11) is 2.01. The normalized spacial score (nSPS) is 57.7. The number of amides is 1. The molecule has 3 saturated carbocycles. The summed E-state index contributed by atoms with van der Waals surface area (Å²) in [6.45, 7) is 1.05. The third-order valence-electron chi connectivity index (χ3n) is 6.86. The Bertz CT molecular complexity index is 468. The van der Waals surface area contributed by atoms with E-state index in [0.29, 0.717) is 23.2 Å². The minimum absolute atomic E-state index is 0.405. The lowest BCUT2D eigenvalue weighted by Crippen LogP contribution is -2.40. The summed E-state index contributed by atoms with van der Waals surface area (Å²) in [5.74, 6) is 4.27. The van der Waals surface area contributed by atoms with E-state index in [1.54, 1.807) is 5.57 Å². The first-order chi connectivity index (χ1) is 8.21. The molecule has 1 spiro atoms. The van der Waals surface area contributed by atoms with Crippen LogP contribution in [0, 0.1) is 35.0 Å². The highest BCUT2D eigenvalue weighted by Gasteiger charge is 2.72. The van der Waals surface area contributed by atoms with Crippen LogP contribution in [0.25, 0.3) is 0 Å². The van der Waals surface area contributed by atoms with E-state index in [9.17, 15) is 4.79 Å². The molecule has 5 rings (SSSR count). The van der Waals surface area contributed by atoms with Gasteiger partial charge in [-0.3, -0.25) is 4.79 Å². The Kier molecular flexibility index (Phi) is 1.34. The van der Waals surface area contributed by atoms with Gasteiger partial charge in [-0.25, -0.2) is 0 Å². The second-order valence-electron chi connectivity index (χ2n) is 7.21. The highest BCUT2D eigenvalue weighted by atomic mass is 16.2. The molecule has 5 aliphatic rings. The zero-order valence-corrected chi connectivity index (χ0v) is 10.4. The summed E-state index contributed by atoms with van der Waals surface area (Å²) in [5.41, 5.74) is 2.11. The van der Waals surface area contributed by atoms with Crippen molar-refractivity contribution in [3.05, 3.63) is 11.6 Å². The van der Waals surface area contributed by atoms with Crippen LogP contribution in [0.2, 0.25) is 0 Å². The van der Waals surface area contributed by atoms with Crippen molar-refractivity contribution in [3.63, 3.8) is 0 Å². The first-order valence-corrected chi connectivity index (χ1v) is 7.13. The van der Waals surface area contributed by atoms with Crippen molar-refractivity contribution in [2.45, 2.75) is 25.7 Å². The van der Waals surface area contributed by atoms with E-state index in [2.05, 4.69) is 6.08 Å². The van der Waals surface area contributed by atoms with Crippen LogP contribution < -0.4 is 0 Å². The lowest BCUT2D eigenvalue weighted by molar-refractivity contribution is -0.134. The summed E-state index contributed by atoms with van der Waals surface area (Å²) >= 11 is 0. The van der Waals surface area contributed by atoms with Crippen LogP contribution in [0.4, 0.5) is 0 Å². The van der Waals surface area contributed by atoms with Crippen LogP contribution in [0.1, 0.15) is 25.7 Å². The minimum atomic E-state index is 0.405. The molecular formula is C15H19NO. The van der Waals surface area contributed by atoms with E-state index in [4.69, 9.17) is 0 Å². The molecule has 90 valence electrons. The number of rotatable bonds is 0. The number of allylic oxidation sites excluding steroid dienone is 2. The van der Waals surface area contributed by atoms with E-state index in [1.807, 2.05) is 11.9 Å². The van der Waals surface area contributed by atoms with Crippen molar-refractivity contribution in [2.75, 3.05) is 13.6 Å². The highest BCUT2D eigenvalue weighted by molar-refractivity contribution is 5.83. The number of hydrogen-bond acceptors (Lipinski definition) is 1. The van der Waals surface area contributed by atoms with Gasteiger partial charge in [-0.15, -0.1) is 0 Å². The Morgan fingerprint density at radius 2 is 2.24 bits per heavy atom. The number of hydrogen-bond donors (Lipinski definition) is 0. The monoisotopic (exact) mass is 229 g/mol. The first-order valence-electron chi connectivity index (χ1n) is 7.13. The maximum absolute atomic E-state index is 12.5. The molecule has 0 aromatic heterocycles. The smallest absolute Gasteiger partial charge is 0.226 e. The molecule has 2 nitrogen and oxygen atoms in total. The first kappa shape index (κ1) is 9.18. The lowest BCUT2D eigenvalue weighted by Gasteiger charge is -2.40. The maximum atomic E-state index is 12.5. The van der Waals surface area contributed by atoms with E-state index in [0.717, 1.165) is 24.3 Å². The lowest BCUT2D eigenvalue weighted by atomic mass is 9.62. The Hall–Kier alpha value is -0.790. The average molecular weight is 229 g/mol. The molecule has 6 unspecified atom stereocenters. The Morgan fingerprint density at radius 1 is 1.35 bits per heavy atom. The molecule has 4 bridgehead atoms. The van der Waals surface area contributed by atoms with Crippen LogP contribution in [0.3, 0.4) is 0 Å². The number of nitrogens with zero attached hydrogens (tertiary/aromatic N) is 1. The molecule has 0 N–H and O–H groups in total. The van der Waals surface area contributed by atoms with Crippen LogP contribution in [-0.2, 0) is 4.79 Å². The zero-order valence-electron chi connectivity index (χ0n) is 10.4. The molecule has 1 amide bonds. The van der Waals surface area contributed by atoms with Crippen molar-refractivity contribution >= 4 is 5.91 Å². The molecule has 17 heavy (non-hydrogen) atoms. The number of carbonyl (C=O) groups excluding carboxylic acids is 1. The second kappa shape index (κ2) is 2.48. The summed E-state index contributed by atoms with van der Waals surface area (Å²) in [4.78, 5) is 14.5. The number of likely N-dealkylation sites (tertiary alicyclic amines) is 1. The van der Waals surface area contributed by atoms with Gasteiger partial charge >= 0.3 is 0 Å². The van der Waals surface area contributed by atoms with Gasteiger partial charge in [0.2, 0.25) is 5.91 Å². The van der Waals surface area contributed by atoms with Gasteiger partial charge < -0.3 is 4.90 Å². The summed E-state index contributed by atoms with van der Waals surface area (Å²) in [5, 5.41) is 0. The molecule has 1 saturated heterocycles.